The van der Waals surface area contributed by atoms with Gasteiger partial charge in [-0.15, -0.1) is 0 Å². The number of hydrogen-bond acceptors (Lipinski definition) is 4. The van der Waals surface area contributed by atoms with E-state index in [2.05, 4.69) is 276 Å². The number of aromatic hydroxyl groups is 4. The summed E-state index contributed by atoms with van der Waals surface area (Å²) in [6.45, 7) is 53.8. The third kappa shape index (κ3) is 14.5. The molecule has 4 nitrogen and oxygen atoms in total. The number of phenolic OH excluding ortho intramolecular Hbond substituents is 4. The van der Waals surface area contributed by atoms with Gasteiger partial charge in [0.15, 0.2) is 0 Å². The molecule has 5 heteroatoms. The molecule has 1 aliphatic rings. The minimum absolute atomic E-state index is 0.0768. The molecule has 0 fully saturated rings. The molecule has 7 rings (SSSR count). The minimum atomic E-state index is -0.218. The predicted molar refractivity (Wildman–Crippen MR) is 328 cm³/mol. The summed E-state index contributed by atoms with van der Waals surface area (Å²) >= 11 is 1.58. The molecule has 0 aromatic heterocycles. The van der Waals surface area contributed by atoms with Crippen LogP contribution in [-0.2, 0) is 68.0 Å². The summed E-state index contributed by atoms with van der Waals surface area (Å²) in [7, 11) is 0. The molecule has 1 unspecified atom stereocenters. The average Bonchev–Trinajstić information content (AvgIpc) is 3.56. The number of phenols is 4. The van der Waals surface area contributed by atoms with E-state index in [0.29, 0.717) is 25.9 Å². The molecule has 6 aromatic carbocycles. The summed E-state index contributed by atoms with van der Waals surface area (Å²) in [5.74, 6) is 1.04. The molecule has 6 aromatic rings. The van der Waals surface area contributed by atoms with Crippen LogP contribution in [0.25, 0.3) is 39.5 Å². The average molecular weight is 1120 g/mol. The quantitative estimate of drug-likeness (QED) is 0.142. The van der Waals surface area contributed by atoms with E-state index in [0.717, 1.165) is 44.5 Å². The molecule has 1 atom stereocenters. The maximum atomic E-state index is 11.4. The third-order valence-electron chi connectivity index (χ3n) is 15.1. The fraction of sp³-hybridized carbons (Fsp3) is 0.472. The topological polar surface area (TPSA) is 80.9 Å². The van der Waals surface area contributed by atoms with Gasteiger partial charge in [0.05, 0.1) is 0 Å². The van der Waals surface area contributed by atoms with Gasteiger partial charge in [0.25, 0.3) is 0 Å². The van der Waals surface area contributed by atoms with Crippen LogP contribution in [0.2, 0.25) is 0 Å². The van der Waals surface area contributed by atoms with E-state index < -0.39 is 0 Å². The number of allylic oxidation sites excluding steroid dienone is 1. The first kappa shape index (κ1) is 63.0. The van der Waals surface area contributed by atoms with Crippen LogP contribution in [0.1, 0.15) is 232 Å². The predicted octanol–water partition coefficient (Wildman–Crippen LogP) is 20.3. The van der Waals surface area contributed by atoms with E-state index in [1.54, 1.807) is 24.7 Å². The first-order valence-corrected chi connectivity index (χ1v) is 29.3. The van der Waals surface area contributed by atoms with E-state index in [1.165, 1.54) is 27.8 Å². The molecule has 413 valence electrons. The van der Waals surface area contributed by atoms with Crippen LogP contribution in [-0.4, -0.2) is 20.4 Å². The molecule has 0 heterocycles. The Morgan fingerprint density at radius 2 is 0.597 bits per heavy atom. The maximum absolute atomic E-state index is 11.4. The van der Waals surface area contributed by atoms with Crippen molar-refractivity contribution >= 4 is 6.08 Å². The zero-order chi connectivity index (χ0) is 58.7. The Bertz CT molecular complexity index is 2810. The Labute approximate surface area is 482 Å². The van der Waals surface area contributed by atoms with Crippen molar-refractivity contribution < 1.29 is 45.1 Å². The van der Waals surface area contributed by atoms with Crippen LogP contribution in [0.4, 0.5) is 0 Å². The number of rotatable bonds is 3. The second-order valence-corrected chi connectivity index (χ2v) is 31.6. The molecule has 0 radical (unpaired) electrons. The van der Waals surface area contributed by atoms with Gasteiger partial charge in [0.2, 0.25) is 0 Å². The molecule has 0 amide bonds. The van der Waals surface area contributed by atoms with Crippen LogP contribution in [0.5, 0.6) is 23.0 Å². The standard InChI is InChI=1S/2C28H42O2.C16H13.Zr/c2*1-25(2,3)17-13-19(23(29)21(15-17)27(7,8)9)20-14-18(26(4,5)6)16-22(24(20)30)28(10,11)12;1-12-10-14-8-5-9-15(16(14)11-12)13-6-3-2-4-7-13;/h2*13-16,29-30H,1-12H3;2-11H,1H3;. The molecular formula is C72H97O4Zr. The van der Waals surface area contributed by atoms with E-state index in [4.69, 9.17) is 0 Å². The van der Waals surface area contributed by atoms with Crippen molar-refractivity contribution in [2.75, 3.05) is 0 Å². The van der Waals surface area contributed by atoms with Crippen LogP contribution in [0, 0.1) is 0 Å². The van der Waals surface area contributed by atoms with E-state index in [9.17, 15) is 20.4 Å². The van der Waals surface area contributed by atoms with Gasteiger partial charge in [-0.25, -0.2) is 0 Å². The fourth-order valence-electron chi connectivity index (χ4n) is 9.80. The van der Waals surface area contributed by atoms with Crippen molar-refractivity contribution in [1.29, 1.82) is 0 Å². The molecule has 0 bridgehead atoms. The van der Waals surface area contributed by atoms with Crippen molar-refractivity contribution in [1.82, 2.24) is 0 Å². The van der Waals surface area contributed by atoms with Gasteiger partial charge in [-0.1, -0.05) is 190 Å². The Hall–Kier alpha value is -4.86. The summed E-state index contributed by atoms with van der Waals surface area (Å²) in [5, 5.41) is 45.5. The van der Waals surface area contributed by atoms with E-state index in [-0.39, 0.29) is 66.3 Å². The number of benzene rings is 6. The zero-order valence-electron chi connectivity index (χ0n) is 52.2. The molecule has 0 spiro atoms. The Kier molecular flexibility index (Phi) is 18.0. The third-order valence-corrected chi connectivity index (χ3v) is 17.0. The molecule has 0 aliphatic heterocycles. The zero-order valence-corrected chi connectivity index (χ0v) is 54.6. The van der Waals surface area contributed by atoms with Crippen molar-refractivity contribution in [2.45, 2.75) is 220 Å². The number of fused-ring (bicyclic) bond motifs is 1. The summed E-state index contributed by atoms with van der Waals surface area (Å²) in [6.07, 6.45) is 2.36. The van der Waals surface area contributed by atoms with Crippen LogP contribution in [0.15, 0.2) is 103 Å². The Balaban J connectivity index is 0.000000221. The second-order valence-electron chi connectivity index (χ2n) is 30.2. The fourth-order valence-corrected chi connectivity index (χ4v) is 10.6. The molecule has 1 aliphatic carbocycles. The summed E-state index contributed by atoms with van der Waals surface area (Å²) in [4.78, 5) is 0. The van der Waals surface area contributed by atoms with Crippen LogP contribution >= 0.6 is 0 Å². The normalized spacial score (nSPS) is 14.5. The first-order valence-electron chi connectivity index (χ1n) is 27.9. The van der Waals surface area contributed by atoms with Gasteiger partial charge in [0.1, 0.15) is 23.0 Å². The number of hydrogen-bond donors (Lipinski definition) is 4. The van der Waals surface area contributed by atoms with E-state index >= 15 is 0 Å². The molecular weight excluding hydrogens is 1020 g/mol. The van der Waals surface area contributed by atoms with Gasteiger partial charge in [-0.3, -0.25) is 0 Å². The van der Waals surface area contributed by atoms with E-state index in [1.807, 2.05) is 0 Å². The van der Waals surface area contributed by atoms with Crippen molar-refractivity contribution in [3.8, 4) is 56.4 Å². The Morgan fingerprint density at radius 3 is 0.844 bits per heavy atom. The van der Waals surface area contributed by atoms with Gasteiger partial charge in [0, 0.05) is 44.5 Å². The second kappa shape index (κ2) is 22.0. The van der Waals surface area contributed by atoms with Gasteiger partial charge in [-0.2, -0.15) is 0 Å². The first-order chi connectivity index (χ1) is 34.8. The molecule has 0 saturated heterocycles. The van der Waals surface area contributed by atoms with Crippen LogP contribution < -0.4 is 0 Å². The summed E-state index contributed by atoms with van der Waals surface area (Å²) < 4.78 is 0.654. The van der Waals surface area contributed by atoms with Crippen molar-refractivity contribution in [2.24, 2.45) is 0 Å². The van der Waals surface area contributed by atoms with Crippen molar-refractivity contribution in [3.63, 3.8) is 0 Å². The SMILES string of the molecule is CC(C)(C)c1cc(-c2cc(C(C)(C)C)cc(C(C)(C)C)c2O)c(O)c(C(C)(C)C)c1.CC(C)(C)c1cc(-c2cc(C(C)(C)C)cc(C(C)(C)C)c2O)c(O)c(C(C)(C)C)c1.CC1=Cc2c(-c3ccccc3)cccc2[CH]1[Zr]. The van der Waals surface area contributed by atoms with Gasteiger partial charge >= 0.3 is 118 Å². The Morgan fingerprint density at radius 1 is 0.325 bits per heavy atom. The van der Waals surface area contributed by atoms with Gasteiger partial charge < -0.3 is 20.4 Å². The molecule has 4 N–H and O–H groups in total. The van der Waals surface area contributed by atoms with Crippen LogP contribution in [0.3, 0.4) is 0 Å². The molecule has 77 heavy (non-hydrogen) atoms. The van der Waals surface area contributed by atoms with Crippen molar-refractivity contribution in [3.05, 3.63) is 158 Å². The molecule has 0 saturated carbocycles. The summed E-state index contributed by atoms with van der Waals surface area (Å²) in [6, 6.07) is 34.0. The monoisotopic (exact) mass is 1120 g/mol. The van der Waals surface area contributed by atoms with Gasteiger partial charge in [-0.05, 0) is 89.8 Å². The summed E-state index contributed by atoms with van der Waals surface area (Å²) in [5.41, 5.74) is 17.0.